The average Bonchev–Trinajstić information content (AvgIpc) is 3.23. The minimum Gasteiger partial charge on any atom is -1.00 e. The average molecular weight is 1040 g/mol. The Morgan fingerprint density at radius 2 is 0.828 bits per heavy atom. The van der Waals surface area contributed by atoms with Gasteiger partial charge in [0.1, 0.15) is 0 Å². The molecule has 8 N–H and O–H groups in total. The first-order valence-corrected chi connectivity index (χ1v) is 23.2. The lowest BCUT2D eigenvalue weighted by Gasteiger charge is -2.29. The van der Waals surface area contributed by atoms with E-state index in [-0.39, 0.29) is 91.4 Å². The van der Waals surface area contributed by atoms with E-state index in [1.807, 2.05) is 28.2 Å². The Bertz CT molecular complexity index is 2250. The Morgan fingerprint density at radius 1 is 0.500 bits per heavy atom. The van der Waals surface area contributed by atoms with Crippen LogP contribution in [0.1, 0.15) is 76.5 Å². The van der Waals surface area contributed by atoms with Crippen LogP contribution in [0.25, 0.3) is 0 Å². The Labute approximate surface area is 403 Å². The third kappa shape index (κ3) is 12.5. The molecule has 2 aliphatic rings. The second kappa shape index (κ2) is 22.9. The standard InChI is InChI=1S/C46H54N8O6S2.2BrH/c1-53(2,23-9-19-49-35-17-15-33(47)39-41(35)45(59)31-13-7-5-11-29(31)43(39)57)27-37(55)51-21-25-61-62-26-22-52-38(56)28-54(3,4)24-10-20-50-36-18-16-34(48)40-42(36)46(60)32-14-8-6-12-30(32)44(40)58;;/h5-8,11-18H,9-10,19-28H2,1-4H3,(H6-2,47,48,49,50,51,52,55,56,57,58,59,60);2*1H. The molecule has 0 bridgehead atoms. The van der Waals surface area contributed by atoms with E-state index in [2.05, 4.69) is 21.3 Å². The van der Waals surface area contributed by atoms with E-state index < -0.39 is 0 Å². The van der Waals surface area contributed by atoms with E-state index in [1.165, 1.54) is 0 Å². The number of amides is 2. The lowest BCUT2D eigenvalue weighted by molar-refractivity contribution is -0.882. The predicted octanol–water partition coefficient (Wildman–Crippen LogP) is -1.52. The highest BCUT2D eigenvalue weighted by atomic mass is 79.9. The highest BCUT2D eigenvalue weighted by molar-refractivity contribution is 8.76. The molecule has 18 heteroatoms. The number of benzene rings is 4. The minimum atomic E-state index is -0.250. The number of hydrogen-bond donors (Lipinski definition) is 6. The number of nitrogens with one attached hydrogen (secondary N) is 4. The molecular formula is C46H56Br2N8O6S2. The second-order valence-electron chi connectivity index (χ2n) is 16.9. The molecule has 4 aromatic rings. The van der Waals surface area contributed by atoms with Crippen molar-refractivity contribution < 1.29 is 71.7 Å². The molecular weight excluding hydrogens is 984 g/mol. The summed E-state index contributed by atoms with van der Waals surface area (Å²) in [5.41, 5.74) is 16.6. The van der Waals surface area contributed by atoms with Gasteiger partial charge in [-0.25, -0.2) is 0 Å². The quantitative estimate of drug-likeness (QED) is 0.0211. The van der Waals surface area contributed by atoms with Crippen molar-refractivity contribution in [2.75, 3.05) is 114 Å². The molecule has 64 heavy (non-hydrogen) atoms. The van der Waals surface area contributed by atoms with E-state index in [9.17, 15) is 28.8 Å². The third-order valence-electron chi connectivity index (χ3n) is 11.0. The fourth-order valence-electron chi connectivity index (χ4n) is 7.88. The Hall–Kier alpha value is -4.72. The van der Waals surface area contributed by atoms with Crippen LogP contribution in [0, 0.1) is 0 Å². The molecule has 0 fully saturated rings. The fraction of sp³-hybridized carbons (Fsp3) is 0.348. The monoisotopic (exact) mass is 1040 g/mol. The number of quaternary nitrogens is 2. The van der Waals surface area contributed by atoms with E-state index in [1.54, 1.807) is 94.4 Å². The fourth-order valence-corrected chi connectivity index (χ4v) is 9.69. The van der Waals surface area contributed by atoms with Crippen LogP contribution < -0.4 is 66.7 Å². The third-order valence-corrected chi connectivity index (χ3v) is 13.4. The van der Waals surface area contributed by atoms with E-state index in [0.717, 1.165) is 24.3 Å². The summed E-state index contributed by atoms with van der Waals surface area (Å²) >= 11 is 0. The topological polar surface area (TPSA) is 203 Å². The Balaban J connectivity index is 0.00000449. The van der Waals surface area contributed by atoms with Gasteiger partial charge in [0.15, 0.2) is 36.2 Å². The number of nitrogens with two attached hydrogens (primary N) is 2. The van der Waals surface area contributed by atoms with Crippen molar-refractivity contribution in [2.45, 2.75) is 12.8 Å². The second-order valence-corrected chi connectivity index (χ2v) is 19.6. The molecule has 14 nitrogen and oxygen atoms in total. The molecule has 0 saturated carbocycles. The first-order chi connectivity index (χ1) is 29.6. The van der Waals surface area contributed by atoms with Crippen molar-refractivity contribution in [1.82, 2.24) is 10.6 Å². The number of fused-ring (bicyclic) bond motifs is 4. The van der Waals surface area contributed by atoms with Gasteiger partial charge in [-0.05, 0) is 24.3 Å². The van der Waals surface area contributed by atoms with Crippen LogP contribution in [0.4, 0.5) is 22.7 Å². The van der Waals surface area contributed by atoms with Crippen molar-refractivity contribution in [3.63, 3.8) is 0 Å². The zero-order valence-corrected chi connectivity index (χ0v) is 41.3. The Morgan fingerprint density at radius 3 is 1.17 bits per heavy atom. The maximum absolute atomic E-state index is 13.4. The van der Waals surface area contributed by atoms with Crippen molar-refractivity contribution in [2.24, 2.45) is 0 Å². The molecule has 0 atom stereocenters. The van der Waals surface area contributed by atoms with Crippen LogP contribution in [-0.4, -0.2) is 136 Å². The summed E-state index contributed by atoms with van der Waals surface area (Å²) in [5, 5.41) is 12.7. The number of halogens is 2. The van der Waals surface area contributed by atoms with Gasteiger partial charge in [-0.15, -0.1) is 0 Å². The van der Waals surface area contributed by atoms with E-state index >= 15 is 0 Å². The van der Waals surface area contributed by atoms with Gasteiger partial charge in [0.2, 0.25) is 0 Å². The van der Waals surface area contributed by atoms with Crippen molar-refractivity contribution in [3.8, 4) is 0 Å². The summed E-state index contributed by atoms with van der Waals surface area (Å²) in [6, 6.07) is 20.4. The molecule has 2 amide bonds. The highest BCUT2D eigenvalue weighted by Gasteiger charge is 2.35. The molecule has 4 aromatic carbocycles. The number of hydrogen-bond acceptors (Lipinski definition) is 12. The number of anilines is 4. The van der Waals surface area contributed by atoms with Crippen molar-refractivity contribution >= 4 is 79.3 Å². The molecule has 6 rings (SSSR count). The molecule has 0 saturated heterocycles. The highest BCUT2D eigenvalue weighted by Crippen LogP contribution is 2.37. The Kier molecular flexibility index (Phi) is 18.6. The maximum Gasteiger partial charge on any atom is 0.275 e. The first kappa shape index (κ1) is 51.9. The number of carbonyl (C=O) groups is 6. The molecule has 0 aliphatic heterocycles. The van der Waals surface area contributed by atoms with Gasteiger partial charge in [0.05, 0.1) is 63.5 Å². The van der Waals surface area contributed by atoms with Gasteiger partial charge in [-0.2, -0.15) is 0 Å². The predicted molar refractivity (Wildman–Crippen MR) is 249 cm³/mol. The van der Waals surface area contributed by atoms with Crippen LogP contribution in [0.3, 0.4) is 0 Å². The lowest BCUT2D eigenvalue weighted by atomic mass is 9.82. The summed E-state index contributed by atoms with van der Waals surface area (Å²) in [4.78, 5) is 78.6. The van der Waals surface area contributed by atoms with Crippen LogP contribution in [0.2, 0.25) is 0 Å². The minimum absolute atomic E-state index is 0. The summed E-state index contributed by atoms with van der Waals surface area (Å²) in [5.74, 6) is 0.447. The lowest BCUT2D eigenvalue weighted by Crippen LogP contribution is -3.00. The number of nitrogens with zero attached hydrogens (tertiary/aromatic N) is 2. The number of likely N-dealkylation sites (N-methyl/N-ethyl adjacent to an activating group) is 2. The summed E-state index contributed by atoms with van der Waals surface area (Å²) in [7, 11) is 11.3. The van der Waals surface area contributed by atoms with Crippen LogP contribution in [0.5, 0.6) is 0 Å². The number of rotatable bonds is 21. The summed E-state index contributed by atoms with van der Waals surface area (Å²) in [6.45, 7) is 4.23. The van der Waals surface area contributed by atoms with Gasteiger partial charge in [-0.1, -0.05) is 70.1 Å². The molecule has 0 heterocycles. The first-order valence-electron chi connectivity index (χ1n) is 20.7. The van der Waals surface area contributed by atoms with Gasteiger partial charge in [-0.3, -0.25) is 28.8 Å². The van der Waals surface area contributed by atoms with Gasteiger partial charge >= 0.3 is 0 Å². The largest absolute Gasteiger partial charge is 1.00 e. The van der Waals surface area contributed by atoms with Crippen molar-refractivity contribution in [1.29, 1.82) is 0 Å². The number of nitrogen functional groups attached to an aromatic ring is 2. The van der Waals surface area contributed by atoms with E-state index in [0.29, 0.717) is 106 Å². The number of carbonyl (C=O) groups excluding carboxylic acids is 6. The van der Waals surface area contributed by atoms with Gasteiger partial charge in [0.25, 0.3) is 11.8 Å². The molecule has 0 aromatic heterocycles. The zero-order valence-electron chi connectivity index (χ0n) is 36.5. The maximum atomic E-state index is 13.4. The van der Waals surface area contributed by atoms with Crippen LogP contribution in [0.15, 0.2) is 72.8 Å². The van der Waals surface area contributed by atoms with Crippen LogP contribution >= 0.6 is 21.6 Å². The molecule has 0 unspecified atom stereocenters. The molecule has 0 radical (unpaired) electrons. The normalized spacial score (nSPS) is 12.8. The van der Waals surface area contributed by atoms with E-state index in [4.69, 9.17) is 11.5 Å². The zero-order chi connectivity index (χ0) is 44.6. The SMILES string of the molecule is C[N+](C)(CCCNc1ccc(N)c2c1C(=O)c1ccccc1C2=O)CC(=O)NCCSSCCNC(=O)C[N+](C)(C)CCCNc1ccc(N)c2c1C(=O)c1ccccc1C2=O.[Br-].[Br-]. The summed E-state index contributed by atoms with van der Waals surface area (Å²) < 4.78 is 0.969. The van der Waals surface area contributed by atoms with Gasteiger partial charge < -0.3 is 75.7 Å². The summed E-state index contributed by atoms with van der Waals surface area (Å²) in [6.07, 6.45) is 1.46. The van der Waals surface area contributed by atoms with Gasteiger partial charge in [0, 0.05) is 95.5 Å². The molecule has 342 valence electrons. The van der Waals surface area contributed by atoms with Crippen LogP contribution in [-0.2, 0) is 9.59 Å². The molecule has 0 spiro atoms. The smallest absolute Gasteiger partial charge is 0.275 e. The number of ketones is 4. The van der Waals surface area contributed by atoms with Crippen molar-refractivity contribution in [3.05, 3.63) is 117 Å². The molecule has 2 aliphatic carbocycles.